The smallest absolute Gasteiger partial charge is 0.434 e. The lowest BCUT2D eigenvalue weighted by atomic mass is 10.2. The highest BCUT2D eigenvalue weighted by atomic mass is 16.7. The molecule has 0 N–H and O–H groups in total. The highest BCUT2D eigenvalue weighted by Gasteiger charge is 2.20. The molecule has 1 fully saturated rings. The Bertz CT molecular complexity index is 350. The van der Waals surface area contributed by atoms with Crippen molar-refractivity contribution < 1.29 is 19.0 Å². The third-order valence-corrected chi connectivity index (χ3v) is 2.62. The maximum atomic E-state index is 10.8. The van der Waals surface area contributed by atoms with E-state index in [-0.39, 0.29) is 6.10 Å². The molecule has 92 valence electrons. The molecule has 1 aliphatic heterocycles. The predicted octanol–water partition coefficient (Wildman–Crippen LogP) is 2.52. The summed E-state index contributed by atoms with van der Waals surface area (Å²) < 4.78 is 15.2. The van der Waals surface area contributed by atoms with Gasteiger partial charge in [0.1, 0.15) is 6.10 Å². The number of hydrogen-bond donors (Lipinski definition) is 0. The second-order valence-corrected chi connectivity index (χ2v) is 3.95. The summed E-state index contributed by atoms with van der Waals surface area (Å²) in [6.07, 6.45) is 0.846. The molecule has 1 aliphatic rings. The Morgan fingerprint density at radius 3 is 2.88 bits per heavy atom. The van der Waals surface area contributed by atoms with E-state index >= 15 is 0 Å². The molecule has 0 bridgehead atoms. The van der Waals surface area contributed by atoms with Gasteiger partial charge >= 0.3 is 6.16 Å². The molecule has 1 aromatic rings. The van der Waals surface area contributed by atoms with Crippen LogP contribution in [0.15, 0.2) is 30.3 Å². The first-order valence-corrected chi connectivity index (χ1v) is 5.79. The number of ether oxygens (including phenoxy) is 3. The van der Waals surface area contributed by atoms with E-state index < -0.39 is 6.16 Å². The lowest BCUT2D eigenvalue weighted by Crippen LogP contribution is -2.28. The maximum Gasteiger partial charge on any atom is 0.508 e. The zero-order valence-electron chi connectivity index (χ0n) is 9.63. The Balaban J connectivity index is 1.61. The van der Waals surface area contributed by atoms with Crippen molar-refractivity contribution >= 4 is 6.16 Å². The zero-order chi connectivity index (χ0) is 11.9. The van der Waals surface area contributed by atoms with Crippen LogP contribution in [0.25, 0.3) is 0 Å². The number of hydrogen-bond acceptors (Lipinski definition) is 4. The van der Waals surface area contributed by atoms with Crippen molar-refractivity contribution in [3.05, 3.63) is 35.9 Å². The Hall–Kier alpha value is -1.55. The predicted molar refractivity (Wildman–Crippen MR) is 61.6 cm³/mol. The summed E-state index contributed by atoms with van der Waals surface area (Å²) in [7, 11) is 0. The third-order valence-electron chi connectivity index (χ3n) is 2.62. The molecule has 0 spiro atoms. The van der Waals surface area contributed by atoms with Crippen molar-refractivity contribution in [3.63, 3.8) is 0 Å². The number of cyclic esters (lactones) is 2. The molecule has 0 aliphatic carbocycles. The molecule has 0 amide bonds. The first-order chi connectivity index (χ1) is 8.34. The average Bonchev–Trinajstić information content (AvgIpc) is 2.36. The van der Waals surface area contributed by atoms with Gasteiger partial charge in [0.25, 0.3) is 0 Å². The largest absolute Gasteiger partial charge is 0.508 e. The summed E-state index contributed by atoms with van der Waals surface area (Å²) in [5, 5.41) is 0. The van der Waals surface area contributed by atoms with Crippen LogP contribution < -0.4 is 0 Å². The van der Waals surface area contributed by atoms with Crippen LogP contribution in [0.3, 0.4) is 0 Å². The lowest BCUT2D eigenvalue weighted by molar-refractivity contribution is -0.0350. The van der Waals surface area contributed by atoms with E-state index in [1.54, 1.807) is 0 Å². The van der Waals surface area contributed by atoms with Crippen LogP contribution in [0.1, 0.15) is 18.4 Å². The minimum Gasteiger partial charge on any atom is -0.434 e. The molecule has 1 heterocycles. The van der Waals surface area contributed by atoms with Crippen LogP contribution in [-0.2, 0) is 20.8 Å². The first kappa shape index (κ1) is 11.9. The normalized spacial score (nSPS) is 19.5. The molecule has 1 aromatic carbocycles. The van der Waals surface area contributed by atoms with Gasteiger partial charge in [-0.2, -0.15) is 0 Å². The second-order valence-electron chi connectivity index (χ2n) is 3.95. The maximum absolute atomic E-state index is 10.8. The fourth-order valence-electron chi connectivity index (χ4n) is 1.69. The van der Waals surface area contributed by atoms with E-state index in [1.807, 2.05) is 30.3 Å². The van der Waals surface area contributed by atoms with E-state index in [0.717, 1.165) is 18.4 Å². The molecule has 1 saturated heterocycles. The summed E-state index contributed by atoms with van der Waals surface area (Å²) >= 11 is 0. The van der Waals surface area contributed by atoms with Crippen LogP contribution in [-0.4, -0.2) is 25.5 Å². The van der Waals surface area contributed by atoms with E-state index in [1.165, 1.54) is 0 Å². The van der Waals surface area contributed by atoms with Gasteiger partial charge in [-0.05, 0) is 5.56 Å². The van der Waals surface area contributed by atoms with E-state index in [0.29, 0.717) is 19.8 Å². The van der Waals surface area contributed by atoms with Crippen LogP contribution in [0.4, 0.5) is 4.79 Å². The first-order valence-electron chi connectivity index (χ1n) is 5.79. The van der Waals surface area contributed by atoms with Gasteiger partial charge in [0.05, 0.1) is 19.8 Å². The summed E-state index contributed by atoms with van der Waals surface area (Å²) in [4.78, 5) is 10.8. The highest BCUT2D eigenvalue weighted by Crippen LogP contribution is 2.12. The van der Waals surface area contributed by atoms with Gasteiger partial charge in [0, 0.05) is 12.8 Å². The number of rotatable bonds is 5. The highest BCUT2D eigenvalue weighted by molar-refractivity contribution is 5.60. The van der Waals surface area contributed by atoms with E-state index in [2.05, 4.69) is 4.74 Å². The van der Waals surface area contributed by atoms with Gasteiger partial charge in [-0.1, -0.05) is 30.3 Å². The molecule has 4 heteroatoms. The summed E-state index contributed by atoms with van der Waals surface area (Å²) in [6, 6.07) is 9.99. The molecule has 0 aromatic heterocycles. The molecule has 0 radical (unpaired) electrons. The Morgan fingerprint density at radius 2 is 2.12 bits per heavy atom. The van der Waals surface area contributed by atoms with Crippen LogP contribution in [0.2, 0.25) is 0 Å². The average molecular weight is 236 g/mol. The summed E-state index contributed by atoms with van der Waals surface area (Å²) in [5.74, 6) is 0. The van der Waals surface area contributed by atoms with Crippen molar-refractivity contribution in [2.45, 2.75) is 25.6 Å². The lowest BCUT2D eigenvalue weighted by Gasteiger charge is -2.21. The number of carbonyl (C=O) groups is 1. The van der Waals surface area contributed by atoms with Crippen molar-refractivity contribution in [3.8, 4) is 0 Å². The second kappa shape index (κ2) is 6.25. The van der Waals surface area contributed by atoms with Crippen molar-refractivity contribution in [2.24, 2.45) is 0 Å². The van der Waals surface area contributed by atoms with Crippen molar-refractivity contribution in [2.75, 3.05) is 13.2 Å². The molecule has 17 heavy (non-hydrogen) atoms. The van der Waals surface area contributed by atoms with Gasteiger partial charge in [-0.3, -0.25) is 0 Å². The minimum absolute atomic E-state index is 0.0629. The van der Waals surface area contributed by atoms with Gasteiger partial charge in [0.2, 0.25) is 0 Å². The van der Waals surface area contributed by atoms with Gasteiger partial charge < -0.3 is 14.2 Å². The Labute approximate surface area is 100 Å². The fraction of sp³-hybridized carbons (Fsp3) is 0.462. The van der Waals surface area contributed by atoms with Gasteiger partial charge in [-0.25, -0.2) is 4.79 Å². The van der Waals surface area contributed by atoms with Crippen LogP contribution in [0, 0.1) is 0 Å². The van der Waals surface area contributed by atoms with Crippen LogP contribution >= 0.6 is 0 Å². The molecule has 2 rings (SSSR count). The van der Waals surface area contributed by atoms with Gasteiger partial charge in [0.15, 0.2) is 0 Å². The monoisotopic (exact) mass is 236 g/mol. The SMILES string of the molecule is O=C1OCC[C@H](CCOCc2ccccc2)O1. The molecular weight excluding hydrogens is 220 g/mol. The Kier molecular flexibility index (Phi) is 4.38. The molecule has 0 unspecified atom stereocenters. The molecule has 1 atom stereocenters. The van der Waals surface area contributed by atoms with Crippen molar-refractivity contribution in [1.82, 2.24) is 0 Å². The fourth-order valence-corrected chi connectivity index (χ4v) is 1.69. The molecule has 4 nitrogen and oxygen atoms in total. The van der Waals surface area contributed by atoms with E-state index in [4.69, 9.17) is 9.47 Å². The third kappa shape index (κ3) is 4.07. The quantitative estimate of drug-likeness (QED) is 0.582. The zero-order valence-corrected chi connectivity index (χ0v) is 9.63. The Morgan fingerprint density at radius 1 is 1.29 bits per heavy atom. The number of benzene rings is 1. The summed E-state index contributed by atoms with van der Waals surface area (Å²) in [6.45, 7) is 1.63. The van der Waals surface area contributed by atoms with Crippen molar-refractivity contribution in [1.29, 1.82) is 0 Å². The molecular formula is C13H16O4. The molecule has 0 saturated carbocycles. The summed E-state index contributed by atoms with van der Waals surface area (Å²) in [5.41, 5.74) is 1.15. The minimum atomic E-state index is -0.565. The standard InChI is InChI=1S/C13H16O4/c14-13-16-9-7-12(17-13)6-8-15-10-11-4-2-1-3-5-11/h1-5,12H,6-10H2/t12-/m0/s1. The number of carbonyl (C=O) groups excluding carboxylic acids is 1. The van der Waals surface area contributed by atoms with Crippen LogP contribution in [0.5, 0.6) is 0 Å². The topological polar surface area (TPSA) is 44.8 Å². The van der Waals surface area contributed by atoms with E-state index in [9.17, 15) is 4.79 Å². The van der Waals surface area contributed by atoms with Gasteiger partial charge in [-0.15, -0.1) is 0 Å².